The van der Waals surface area contributed by atoms with E-state index in [1.165, 1.54) is 23.5 Å². The van der Waals surface area contributed by atoms with Gasteiger partial charge in [-0.3, -0.25) is 9.69 Å². The van der Waals surface area contributed by atoms with Crippen LogP contribution >= 0.6 is 11.3 Å². The fourth-order valence-corrected chi connectivity index (χ4v) is 4.44. The Morgan fingerprint density at radius 2 is 1.65 bits per heavy atom. The van der Waals surface area contributed by atoms with Gasteiger partial charge in [-0.1, -0.05) is 53.8 Å². The third kappa shape index (κ3) is 4.98. The summed E-state index contributed by atoms with van der Waals surface area (Å²) in [6.07, 6.45) is 0.811. The molecule has 4 aromatic rings. The second-order valence-electron chi connectivity index (χ2n) is 7.67. The molecule has 0 spiro atoms. The summed E-state index contributed by atoms with van der Waals surface area (Å²) in [6.45, 7) is 1.40. The summed E-state index contributed by atoms with van der Waals surface area (Å²) < 4.78 is 14.4. The topological polar surface area (TPSA) is 36.4 Å². The van der Waals surface area contributed by atoms with Gasteiger partial charge in [0.1, 0.15) is 5.82 Å². The third-order valence-electron chi connectivity index (χ3n) is 5.04. The van der Waals surface area contributed by atoms with Gasteiger partial charge in [0.15, 0.2) is 5.13 Å². The van der Waals surface area contributed by atoms with Gasteiger partial charge in [-0.2, -0.15) is 0 Å². The number of aromatic nitrogens is 1. The summed E-state index contributed by atoms with van der Waals surface area (Å²) >= 11 is 1.34. The van der Waals surface area contributed by atoms with Crippen LogP contribution in [0.15, 0.2) is 72.8 Å². The maximum atomic E-state index is 13.6. The van der Waals surface area contributed by atoms with Crippen LogP contribution in [0.1, 0.15) is 16.8 Å². The van der Waals surface area contributed by atoms with Gasteiger partial charge in [-0.15, -0.1) is 0 Å². The molecule has 0 saturated heterocycles. The highest BCUT2D eigenvalue weighted by atomic mass is 32.1. The van der Waals surface area contributed by atoms with E-state index in [-0.39, 0.29) is 11.7 Å². The molecule has 0 aliphatic rings. The normalized spacial score (nSPS) is 11.2. The zero-order chi connectivity index (χ0) is 21.8. The molecule has 0 unspecified atom stereocenters. The van der Waals surface area contributed by atoms with Gasteiger partial charge in [0, 0.05) is 12.1 Å². The predicted molar refractivity (Wildman–Crippen MR) is 126 cm³/mol. The molecule has 3 aromatic carbocycles. The van der Waals surface area contributed by atoms with E-state index in [0.29, 0.717) is 22.8 Å². The van der Waals surface area contributed by atoms with Gasteiger partial charge < -0.3 is 4.90 Å². The van der Waals surface area contributed by atoms with E-state index in [9.17, 15) is 9.18 Å². The Bertz CT molecular complexity index is 1170. The molecule has 4 rings (SSSR count). The number of carbonyl (C=O) groups excluding carboxylic acids is 1. The Morgan fingerprint density at radius 1 is 0.935 bits per heavy atom. The van der Waals surface area contributed by atoms with E-state index in [0.717, 1.165) is 28.8 Å². The molecule has 1 aromatic heterocycles. The first kappa shape index (κ1) is 21.2. The van der Waals surface area contributed by atoms with Crippen LogP contribution in [0, 0.1) is 5.82 Å². The summed E-state index contributed by atoms with van der Waals surface area (Å²) in [7, 11) is 4.02. The second-order valence-corrected chi connectivity index (χ2v) is 8.67. The minimum atomic E-state index is -0.301. The summed E-state index contributed by atoms with van der Waals surface area (Å²) in [6, 6.07) is 22.2. The number of rotatable bonds is 7. The number of nitrogens with zero attached hydrogens (tertiary/aromatic N) is 3. The zero-order valence-electron chi connectivity index (χ0n) is 17.6. The van der Waals surface area contributed by atoms with Gasteiger partial charge in [-0.05, 0) is 68.5 Å². The van der Waals surface area contributed by atoms with Crippen molar-refractivity contribution in [3.05, 3.63) is 84.2 Å². The van der Waals surface area contributed by atoms with Crippen molar-refractivity contribution in [1.29, 1.82) is 0 Å². The van der Waals surface area contributed by atoms with E-state index in [1.54, 1.807) is 11.0 Å². The number of halogens is 1. The van der Waals surface area contributed by atoms with Crippen molar-refractivity contribution in [2.45, 2.75) is 6.42 Å². The molecule has 0 aliphatic carbocycles. The lowest BCUT2D eigenvalue weighted by Crippen LogP contribution is -2.33. The summed E-state index contributed by atoms with van der Waals surface area (Å²) in [5, 5.41) is 0.594. The molecule has 0 N–H and O–H groups in total. The smallest absolute Gasteiger partial charge is 0.260 e. The summed E-state index contributed by atoms with van der Waals surface area (Å²) in [4.78, 5) is 21.8. The lowest BCUT2D eigenvalue weighted by atomic mass is 10.0. The number of benzene rings is 3. The van der Waals surface area contributed by atoms with Crippen molar-refractivity contribution in [2.75, 3.05) is 32.1 Å². The Morgan fingerprint density at radius 3 is 2.35 bits per heavy atom. The van der Waals surface area contributed by atoms with Crippen LogP contribution in [0.2, 0.25) is 0 Å². The van der Waals surface area contributed by atoms with Gasteiger partial charge in [0.2, 0.25) is 0 Å². The van der Waals surface area contributed by atoms with Crippen molar-refractivity contribution in [3.8, 4) is 11.1 Å². The highest BCUT2D eigenvalue weighted by molar-refractivity contribution is 7.22. The van der Waals surface area contributed by atoms with E-state index >= 15 is 0 Å². The number of fused-ring (bicyclic) bond motifs is 1. The van der Waals surface area contributed by atoms with Crippen molar-refractivity contribution >= 4 is 32.6 Å². The van der Waals surface area contributed by atoms with Crippen LogP contribution in [0.25, 0.3) is 21.3 Å². The molecule has 0 atom stereocenters. The van der Waals surface area contributed by atoms with Crippen molar-refractivity contribution in [2.24, 2.45) is 0 Å². The molecule has 0 radical (unpaired) electrons. The molecule has 0 bridgehead atoms. The van der Waals surface area contributed by atoms with Crippen molar-refractivity contribution in [1.82, 2.24) is 9.88 Å². The van der Waals surface area contributed by atoms with Gasteiger partial charge in [0.05, 0.1) is 10.2 Å². The lowest BCUT2D eigenvalue weighted by molar-refractivity contribution is 0.0986. The van der Waals surface area contributed by atoms with E-state index in [4.69, 9.17) is 0 Å². The Hall–Kier alpha value is -3.09. The molecule has 6 heteroatoms. The average Bonchev–Trinajstić information content (AvgIpc) is 3.19. The fraction of sp³-hybridized carbons (Fsp3) is 0.200. The second kappa shape index (κ2) is 9.37. The molecule has 31 heavy (non-hydrogen) atoms. The predicted octanol–water partition coefficient (Wildman–Crippen LogP) is 5.70. The van der Waals surface area contributed by atoms with Crippen molar-refractivity contribution < 1.29 is 9.18 Å². The first-order valence-electron chi connectivity index (χ1n) is 10.2. The molecule has 1 amide bonds. The lowest BCUT2D eigenvalue weighted by Gasteiger charge is -2.21. The SMILES string of the molecule is CN(C)CCCN(C(=O)c1ccc(-c2ccccc2)cc1)c1nc2ccc(F)cc2s1. The summed E-state index contributed by atoms with van der Waals surface area (Å²) in [5.74, 6) is -0.400. The van der Waals surface area contributed by atoms with Crippen molar-refractivity contribution in [3.63, 3.8) is 0 Å². The molecule has 4 nitrogen and oxygen atoms in total. The first-order chi connectivity index (χ1) is 15.0. The Balaban J connectivity index is 1.62. The molecule has 0 aliphatic heterocycles. The minimum Gasteiger partial charge on any atom is -0.309 e. The van der Waals surface area contributed by atoms with Crippen LogP contribution in [0.3, 0.4) is 0 Å². The monoisotopic (exact) mass is 433 g/mol. The largest absolute Gasteiger partial charge is 0.309 e. The minimum absolute atomic E-state index is 0.0992. The average molecular weight is 434 g/mol. The molecule has 0 fully saturated rings. The van der Waals surface area contributed by atoms with Crippen LogP contribution in [0.4, 0.5) is 9.52 Å². The fourth-order valence-electron chi connectivity index (χ4n) is 3.42. The number of carbonyl (C=O) groups is 1. The van der Waals surface area contributed by atoms with Crippen LogP contribution in [-0.2, 0) is 0 Å². The number of amides is 1. The highest BCUT2D eigenvalue weighted by Crippen LogP contribution is 2.31. The third-order valence-corrected chi connectivity index (χ3v) is 6.08. The van der Waals surface area contributed by atoms with E-state index in [1.807, 2.05) is 68.7 Å². The van der Waals surface area contributed by atoms with Crippen LogP contribution in [0.5, 0.6) is 0 Å². The maximum absolute atomic E-state index is 13.6. The Kier molecular flexibility index (Phi) is 6.39. The molecule has 1 heterocycles. The highest BCUT2D eigenvalue weighted by Gasteiger charge is 2.21. The first-order valence-corrected chi connectivity index (χ1v) is 11.0. The van der Waals surface area contributed by atoms with E-state index < -0.39 is 0 Å². The standard InChI is InChI=1S/C25H24FN3OS/c1-28(2)15-6-16-29(25-27-22-14-13-21(26)17-23(22)31-25)24(30)20-11-9-19(10-12-20)18-7-4-3-5-8-18/h3-5,7-14,17H,6,15-16H2,1-2H3. The van der Waals surface area contributed by atoms with Gasteiger partial charge >= 0.3 is 0 Å². The van der Waals surface area contributed by atoms with Gasteiger partial charge in [-0.25, -0.2) is 9.37 Å². The van der Waals surface area contributed by atoms with Crippen LogP contribution < -0.4 is 4.90 Å². The van der Waals surface area contributed by atoms with Crippen LogP contribution in [-0.4, -0.2) is 43.0 Å². The number of anilines is 1. The zero-order valence-corrected chi connectivity index (χ0v) is 18.4. The quantitative estimate of drug-likeness (QED) is 0.375. The molecular weight excluding hydrogens is 409 g/mol. The molecule has 0 saturated carbocycles. The van der Waals surface area contributed by atoms with Gasteiger partial charge in [0.25, 0.3) is 5.91 Å². The molecule has 158 valence electrons. The number of hydrogen-bond acceptors (Lipinski definition) is 4. The maximum Gasteiger partial charge on any atom is 0.260 e. The summed E-state index contributed by atoms with van der Waals surface area (Å²) in [5.41, 5.74) is 3.48. The molecular formula is C25H24FN3OS. The Labute approximate surface area is 185 Å². The van der Waals surface area contributed by atoms with E-state index in [2.05, 4.69) is 9.88 Å². The number of hydrogen-bond donors (Lipinski definition) is 0. The number of thiazole rings is 1.